The maximum Gasteiger partial charge on any atom is 0.269 e. The molecule has 0 saturated heterocycles. The van der Waals surface area contributed by atoms with E-state index in [1.165, 1.54) is 5.56 Å². The van der Waals surface area contributed by atoms with Crippen LogP contribution in [0.2, 0.25) is 0 Å². The van der Waals surface area contributed by atoms with Gasteiger partial charge < -0.3 is 15.4 Å². The molecule has 0 spiro atoms. The van der Waals surface area contributed by atoms with Crippen LogP contribution in [0.15, 0.2) is 36.5 Å². The highest BCUT2D eigenvalue weighted by Gasteiger charge is 2.08. The summed E-state index contributed by atoms with van der Waals surface area (Å²) in [6.45, 7) is 5.30. The Kier molecular flexibility index (Phi) is 6.11. The molecule has 1 amide bonds. The summed E-state index contributed by atoms with van der Waals surface area (Å²) in [6.07, 6.45) is 2.42. The van der Waals surface area contributed by atoms with Gasteiger partial charge in [-0.25, -0.2) is 0 Å². The maximum absolute atomic E-state index is 12.1. The predicted octanol–water partition coefficient (Wildman–Crippen LogP) is 3.21. The monoisotopic (exact) mass is 313 g/mol. The lowest BCUT2D eigenvalue weighted by molar-refractivity contribution is 0.0943. The number of amides is 1. The molecule has 5 nitrogen and oxygen atoms in total. The summed E-state index contributed by atoms with van der Waals surface area (Å²) in [5, 5.41) is 6.18. The second-order valence-corrected chi connectivity index (χ2v) is 5.48. The minimum absolute atomic E-state index is 0.175. The van der Waals surface area contributed by atoms with Crippen molar-refractivity contribution in [2.75, 3.05) is 25.6 Å². The van der Waals surface area contributed by atoms with Crippen LogP contribution in [0, 0.1) is 13.8 Å². The molecule has 2 aromatic rings. The molecule has 23 heavy (non-hydrogen) atoms. The number of carbonyl (C=O) groups excluding carboxylic acids is 1. The average molecular weight is 313 g/mol. The largest absolute Gasteiger partial charge is 0.385 e. The summed E-state index contributed by atoms with van der Waals surface area (Å²) >= 11 is 0. The predicted molar refractivity (Wildman–Crippen MR) is 92.3 cm³/mol. The molecule has 1 aromatic heterocycles. The second-order valence-electron chi connectivity index (χ2n) is 5.48. The fraction of sp³-hybridized carbons (Fsp3) is 0.333. The van der Waals surface area contributed by atoms with Crippen molar-refractivity contribution in [2.24, 2.45) is 0 Å². The number of pyridine rings is 1. The molecule has 1 heterocycles. The van der Waals surface area contributed by atoms with E-state index in [2.05, 4.69) is 40.7 Å². The lowest BCUT2D eigenvalue weighted by Gasteiger charge is -2.11. The number of nitrogens with zero attached hydrogens (tertiary/aromatic N) is 1. The molecule has 2 rings (SSSR count). The van der Waals surface area contributed by atoms with Crippen LogP contribution in [0.4, 0.5) is 11.4 Å². The highest BCUT2D eigenvalue weighted by molar-refractivity contribution is 5.93. The molecular weight excluding hydrogens is 290 g/mol. The fourth-order valence-corrected chi connectivity index (χ4v) is 2.17. The quantitative estimate of drug-likeness (QED) is 0.771. The summed E-state index contributed by atoms with van der Waals surface area (Å²) in [4.78, 5) is 16.2. The number of hydrogen-bond acceptors (Lipinski definition) is 4. The molecule has 122 valence electrons. The lowest BCUT2D eigenvalue weighted by atomic mass is 10.1. The zero-order chi connectivity index (χ0) is 16.7. The van der Waals surface area contributed by atoms with Crippen LogP contribution < -0.4 is 10.6 Å². The fourth-order valence-electron chi connectivity index (χ4n) is 2.17. The van der Waals surface area contributed by atoms with E-state index >= 15 is 0 Å². The molecule has 0 aliphatic heterocycles. The van der Waals surface area contributed by atoms with Gasteiger partial charge in [0, 0.05) is 37.8 Å². The molecule has 1 aromatic carbocycles. The molecule has 5 heteroatoms. The second kappa shape index (κ2) is 8.29. The standard InChI is InChI=1S/C18H23N3O2/c1-13-5-6-14(2)16(11-13)21-15-7-9-19-17(12-15)18(22)20-8-4-10-23-3/h5-7,9,11-12H,4,8,10H2,1-3H3,(H,19,21)(H,20,22). The van der Waals surface area contributed by atoms with Gasteiger partial charge in [-0.15, -0.1) is 0 Å². The van der Waals surface area contributed by atoms with Gasteiger partial charge in [0.25, 0.3) is 5.91 Å². The first kappa shape index (κ1) is 17.0. The van der Waals surface area contributed by atoms with E-state index in [0.29, 0.717) is 18.8 Å². The van der Waals surface area contributed by atoms with Gasteiger partial charge in [0.2, 0.25) is 0 Å². The zero-order valence-electron chi connectivity index (χ0n) is 13.8. The molecule has 0 saturated carbocycles. The van der Waals surface area contributed by atoms with Gasteiger partial charge in [0.05, 0.1) is 0 Å². The number of anilines is 2. The highest BCUT2D eigenvalue weighted by Crippen LogP contribution is 2.21. The van der Waals surface area contributed by atoms with Gasteiger partial charge in [-0.05, 0) is 49.6 Å². The van der Waals surface area contributed by atoms with E-state index in [1.807, 2.05) is 13.0 Å². The number of aryl methyl sites for hydroxylation is 2. The van der Waals surface area contributed by atoms with Crippen LogP contribution >= 0.6 is 0 Å². The Bertz CT molecular complexity index is 671. The molecule has 0 unspecified atom stereocenters. The van der Waals surface area contributed by atoms with Crippen molar-refractivity contribution in [3.8, 4) is 0 Å². The van der Waals surface area contributed by atoms with E-state index in [4.69, 9.17) is 4.74 Å². The normalized spacial score (nSPS) is 10.4. The van der Waals surface area contributed by atoms with Crippen molar-refractivity contribution in [2.45, 2.75) is 20.3 Å². The zero-order valence-corrected chi connectivity index (χ0v) is 13.8. The number of methoxy groups -OCH3 is 1. The van der Waals surface area contributed by atoms with Gasteiger partial charge in [-0.3, -0.25) is 9.78 Å². The number of ether oxygens (including phenoxy) is 1. The van der Waals surface area contributed by atoms with E-state index in [1.54, 1.807) is 19.4 Å². The molecular formula is C18H23N3O2. The molecule has 0 bridgehead atoms. The van der Waals surface area contributed by atoms with Gasteiger partial charge in [0.15, 0.2) is 0 Å². The smallest absolute Gasteiger partial charge is 0.269 e. The summed E-state index contributed by atoms with van der Waals surface area (Å²) in [7, 11) is 1.64. The summed E-state index contributed by atoms with van der Waals surface area (Å²) in [5.74, 6) is -0.175. The maximum atomic E-state index is 12.1. The first-order valence-electron chi connectivity index (χ1n) is 7.67. The Morgan fingerprint density at radius 2 is 2.04 bits per heavy atom. The number of benzene rings is 1. The average Bonchev–Trinajstić information content (AvgIpc) is 2.55. The third-order valence-corrected chi connectivity index (χ3v) is 3.48. The van der Waals surface area contributed by atoms with Crippen molar-refractivity contribution < 1.29 is 9.53 Å². The first-order chi connectivity index (χ1) is 11.1. The van der Waals surface area contributed by atoms with Crippen LogP contribution in [0.3, 0.4) is 0 Å². The van der Waals surface area contributed by atoms with Gasteiger partial charge in [-0.1, -0.05) is 12.1 Å². The minimum Gasteiger partial charge on any atom is -0.385 e. The van der Waals surface area contributed by atoms with Crippen LogP contribution in [-0.4, -0.2) is 31.2 Å². The summed E-state index contributed by atoms with van der Waals surface area (Å²) in [5.41, 5.74) is 4.61. The molecule has 2 N–H and O–H groups in total. The van der Waals surface area contributed by atoms with E-state index in [-0.39, 0.29) is 5.91 Å². The third kappa shape index (κ3) is 5.07. The SMILES string of the molecule is COCCCNC(=O)c1cc(Nc2cc(C)ccc2C)ccn1. The Morgan fingerprint density at radius 3 is 2.83 bits per heavy atom. The number of hydrogen-bond donors (Lipinski definition) is 2. The Labute approximate surface area is 137 Å². The third-order valence-electron chi connectivity index (χ3n) is 3.48. The Hall–Kier alpha value is -2.40. The lowest BCUT2D eigenvalue weighted by Crippen LogP contribution is -2.26. The van der Waals surface area contributed by atoms with Gasteiger partial charge in [-0.2, -0.15) is 0 Å². The number of rotatable bonds is 7. The van der Waals surface area contributed by atoms with Crippen molar-refractivity contribution >= 4 is 17.3 Å². The Balaban J connectivity index is 2.04. The number of carbonyl (C=O) groups is 1. The van der Waals surface area contributed by atoms with Crippen LogP contribution in [0.5, 0.6) is 0 Å². The molecule has 0 aliphatic rings. The van der Waals surface area contributed by atoms with Crippen LogP contribution in [-0.2, 0) is 4.74 Å². The van der Waals surface area contributed by atoms with Crippen molar-refractivity contribution in [1.29, 1.82) is 0 Å². The van der Waals surface area contributed by atoms with Crippen LogP contribution in [0.1, 0.15) is 28.0 Å². The number of nitrogens with one attached hydrogen (secondary N) is 2. The first-order valence-corrected chi connectivity index (χ1v) is 7.67. The Morgan fingerprint density at radius 1 is 1.22 bits per heavy atom. The summed E-state index contributed by atoms with van der Waals surface area (Å²) < 4.78 is 4.96. The van der Waals surface area contributed by atoms with E-state index < -0.39 is 0 Å². The van der Waals surface area contributed by atoms with Gasteiger partial charge >= 0.3 is 0 Å². The summed E-state index contributed by atoms with van der Waals surface area (Å²) in [6, 6.07) is 9.84. The molecule has 0 radical (unpaired) electrons. The van der Waals surface area contributed by atoms with Crippen LogP contribution in [0.25, 0.3) is 0 Å². The van der Waals surface area contributed by atoms with Crippen molar-refractivity contribution in [1.82, 2.24) is 10.3 Å². The van der Waals surface area contributed by atoms with Gasteiger partial charge in [0.1, 0.15) is 5.69 Å². The van der Waals surface area contributed by atoms with E-state index in [0.717, 1.165) is 23.4 Å². The molecule has 0 atom stereocenters. The molecule has 0 fully saturated rings. The molecule has 0 aliphatic carbocycles. The highest BCUT2D eigenvalue weighted by atomic mass is 16.5. The van der Waals surface area contributed by atoms with E-state index in [9.17, 15) is 4.79 Å². The van der Waals surface area contributed by atoms with Crippen molar-refractivity contribution in [3.63, 3.8) is 0 Å². The topological polar surface area (TPSA) is 63.2 Å². The number of aromatic nitrogens is 1. The van der Waals surface area contributed by atoms with Crippen molar-refractivity contribution in [3.05, 3.63) is 53.3 Å². The minimum atomic E-state index is -0.175.